The van der Waals surface area contributed by atoms with E-state index in [-0.39, 0.29) is 11.8 Å². The maximum Gasteiger partial charge on any atom is 0.230 e. The van der Waals surface area contributed by atoms with Crippen molar-refractivity contribution in [1.82, 2.24) is 15.1 Å². The van der Waals surface area contributed by atoms with Gasteiger partial charge in [0.1, 0.15) is 0 Å². The van der Waals surface area contributed by atoms with Gasteiger partial charge in [0.2, 0.25) is 11.8 Å². The molecule has 1 aromatic heterocycles. The van der Waals surface area contributed by atoms with E-state index >= 15 is 0 Å². The van der Waals surface area contributed by atoms with E-state index in [1.54, 1.807) is 0 Å². The molecule has 126 valence electrons. The van der Waals surface area contributed by atoms with Crippen molar-refractivity contribution in [3.05, 3.63) is 47.7 Å². The SMILES string of the molecule is O=C(CC1COCCN1Cc1nnc(C2CC2)o1)c1ccccc1. The first-order valence-corrected chi connectivity index (χ1v) is 8.52. The lowest BCUT2D eigenvalue weighted by Crippen LogP contribution is -2.46. The third-order valence-corrected chi connectivity index (χ3v) is 4.61. The molecule has 1 aromatic carbocycles. The average Bonchev–Trinajstić information content (AvgIpc) is 3.37. The smallest absolute Gasteiger partial charge is 0.230 e. The molecule has 0 N–H and O–H groups in total. The molecule has 2 heterocycles. The molecule has 24 heavy (non-hydrogen) atoms. The summed E-state index contributed by atoms with van der Waals surface area (Å²) in [4.78, 5) is 14.7. The second-order valence-corrected chi connectivity index (χ2v) is 6.50. The first-order valence-electron chi connectivity index (χ1n) is 8.52. The molecule has 4 rings (SSSR count). The average molecular weight is 327 g/mol. The molecule has 2 aromatic rings. The Hall–Kier alpha value is -2.05. The molecule has 1 saturated carbocycles. The molecule has 0 bridgehead atoms. The molecule has 6 heteroatoms. The van der Waals surface area contributed by atoms with Crippen LogP contribution < -0.4 is 0 Å². The van der Waals surface area contributed by atoms with Gasteiger partial charge >= 0.3 is 0 Å². The number of benzene rings is 1. The highest BCUT2D eigenvalue weighted by molar-refractivity contribution is 5.96. The summed E-state index contributed by atoms with van der Waals surface area (Å²) < 4.78 is 11.3. The molecule has 0 spiro atoms. The van der Waals surface area contributed by atoms with E-state index in [9.17, 15) is 4.79 Å². The van der Waals surface area contributed by atoms with Crippen molar-refractivity contribution < 1.29 is 13.9 Å². The minimum Gasteiger partial charge on any atom is -0.424 e. The van der Waals surface area contributed by atoms with Crippen molar-refractivity contribution in [2.75, 3.05) is 19.8 Å². The van der Waals surface area contributed by atoms with Crippen LogP contribution in [0, 0.1) is 0 Å². The van der Waals surface area contributed by atoms with Crippen molar-refractivity contribution in [3.63, 3.8) is 0 Å². The van der Waals surface area contributed by atoms with Crippen LogP contribution in [0.4, 0.5) is 0 Å². The van der Waals surface area contributed by atoms with Crippen molar-refractivity contribution in [1.29, 1.82) is 0 Å². The van der Waals surface area contributed by atoms with Crippen molar-refractivity contribution in [2.45, 2.75) is 37.8 Å². The van der Waals surface area contributed by atoms with Gasteiger partial charge in [0.15, 0.2) is 5.78 Å². The predicted molar refractivity (Wildman–Crippen MR) is 86.7 cm³/mol. The maximum atomic E-state index is 12.5. The number of hydrogen-bond acceptors (Lipinski definition) is 6. The van der Waals surface area contributed by atoms with Gasteiger partial charge in [-0.2, -0.15) is 0 Å². The van der Waals surface area contributed by atoms with E-state index in [0.717, 1.165) is 30.8 Å². The second kappa shape index (κ2) is 6.83. The Morgan fingerprint density at radius 3 is 2.83 bits per heavy atom. The van der Waals surface area contributed by atoms with Gasteiger partial charge in [-0.1, -0.05) is 30.3 Å². The minimum atomic E-state index is 0.0442. The van der Waals surface area contributed by atoms with Crippen LogP contribution in [0.2, 0.25) is 0 Å². The number of morpholine rings is 1. The Morgan fingerprint density at radius 1 is 1.21 bits per heavy atom. The molecule has 0 radical (unpaired) electrons. The van der Waals surface area contributed by atoms with E-state index in [0.29, 0.717) is 38.0 Å². The molecule has 2 aliphatic rings. The lowest BCUT2D eigenvalue weighted by Gasteiger charge is -2.34. The molecule has 1 aliphatic heterocycles. The highest BCUT2D eigenvalue weighted by Gasteiger charge is 2.31. The first-order chi connectivity index (χ1) is 11.8. The second-order valence-electron chi connectivity index (χ2n) is 6.50. The number of hydrogen-bond donors (Lipinski definition) is 0. The van der Waals surface area contributed by atoms with Crippen LogP contribution in [0.1, 0.15) is 47.3 Å². The molecule has 1 atom stereocenters. The zero-order valence-corrected chi connectivity index (χ0v) is 13.6. The van der Waals surface area contributed by atoms with E-state index in [2.05, 4.69) is 15.1 Å². The highest BCUT2D eigenvalue weighted by atomic mass is 16.5. The number of carbonyl (C=O) groups is 1. The minimum absolute atomic E-state index is 0.0442. The Morgan fingerprint density at radius 2 is 2.04 bits per heavy atom. The van der Waals surface area contributed by atoms with Gasteiger partial charge in [0.05, 0.1) is 19.8 Å². The molecule has 6 nitrogen and oxygen atoms in total. The zero-order valence-electron chi connectivity index (χ0n) is 13.6. The molecule has 2 fully saturated rings. The molecule has 1 saturated heterocycles. The van der Waals surface area contributed by atoms with Gasteiger partial charge in [0.25, 0.3) is 0 Å². The molecular formula is C18H21N3O3. The molecule has 1 unspecified atom stereocenters. The molecule has 1 aliphatic carbocycles. The summed E-state index contributed by atoms with van der Waals surface area (Å²) in [7, 11) is 0. The summed E-state index contributed by atoms with van der Waals surface area (Å²) in [6, 6.07) is 9.45. The largest absolute Gasteiger partial charge is 0.424 e. The maximum absolute atomic E-state index is 12.5. The van der Waals surface area contributed by atoms with Gasteiger partial charge in [-0.25, -0.2) is 0 Å². The number of Topliss-reactive ketones (excluding diaryl/α,β-unsaturated/α-hetero) is 1. The summed E-state index contributed by atoms with van der Waals surface area (Å²) in [5.41, 5.74) is 0.747. The third kappa shape index (κ3) is 3.55. The van der Waals surface area contributed by atoms with E-state index in [1.165, 1.54) is 0 Å². The summed E-state index contributed by atoms with van der Waals surface area (Å²) in [6.45, 7) is 2.57. The number of ether oxygens (including phenoxy) is 1. The Bertz CT molecular complexity index is 697. The van der Waals surface area contributed by atoms with Crippen molar-refractivity contribution in [2.24, 2.45) is 0 Å². The zero-order chi connectivity index (χ0) is 16.4. The summed E-state index contributed by atoms with van der Waals surface area (Å²) >= 11 is 0. The monoisotopic (exact) mass is 327 g/mol. The number of rotatable bonds is 6. The van der Waals surface area contributed by atoms with Crippen molar-refractivity contribution in [3.8, 4) is 0 Å². The Labute approximate surface area is 140 Å². The standard InChI is InChI=1S/C18H21N3O3/c22-16(13-4-2-1-3-5-13)10-15-12-23-9-8-21(15)11-17-19-20-18(24-17)14-6-7-14/h1-5,14-15H,6-12H2. The first kappa shape index (κ1) is 15.5. The topological polar surface area (TPSA) is 68.5 Å². The Kier molecular flexibility index (Phi) is 4.40. The third-order valence-electron chi connectivity index (χ3n) is 4.61. The van der Waals surface area contributed by atoms with E-state index in [4.69, 9.17) is 9.15 Å². The number of ketones is 1. The quantitative estimate of drug-likeness (QED) is 0.759. The molecular weight excluding hydrogens is 306 g/mol. The fraction of sp³-hybridized carbons (Fsp3) is 0.500. The Balaban J connectivity index is 1.41. The van der Waals surface area contributed by atoms with Crippen LogP contribution in [0.15, 0.2) is 34.7 Å². The van der Waals surface area contributed by atoms with Crippen LogP contribution in [0.5, 0.6) is 0 Å². The summed E-state index contributed by atoms with van der Waals surface area (Å²) in [5, 5.41) is 8.29. The lowest BCUT2D eigenvalue weighted by molar-refractivity contribution is -0.0160. The predicted octanol–water partition coefficient (Wildman–Crippen LogP) is 2.42. The fourth-order valence-corrected chi connectivity index (χ4v) is 3.04. The van der Waals surface area contributed by atoms with E-state index < -0.39 is 0 Å². The highest BCUT2D eigenvalue weighted by Crippen LogP contribution is 2.39. The van der Waals surface area contributed by atoms with Crippen LogP contribution >= 0.6 is 0 Å². The van der Waals surface area contributed by atoms with Crippen LogP contribution in [-0.2, 0) is 11.3 Å². The fourth-order valence-electron chi connectivity index (χ4n) is 3.04. The summed E-state index contributed by atoms with van der Waals surface area (Å²) in [6.07, 6.45) is 2.73. The van der Waals surface area contributed by atoms with Crippen molar-refractivity contribution >= 4 is 5.78 Å². The number of carbonyl (C=O) groups excluding carboxylic acids is 1. The van der Waals surface area contributed by atoms with Gasteiger partial charge in [-0.3, -0.25) is 9.69 Å². The van der Waals surface area contributed by atoms with Crippen LogP contribution in [-0.4, -0.2) is 46.7 Å². The number of nitrogens with zero attached hydrogens (tertiary/aromatic N) is 3. The van der Waals surface area contributed by atoms with Gasteiger partial charge < -0.3 is 9.15 Å². The number of aromatic nitrogens is 2. The van der Waals surface area contributed by atoms with Crippen LogP contribution in [0.25, 0.3) is 0 Å². The van der Waals surface area contributed by atoms with Gasteiger partial charge in [-0.05, 0) is 12.8 Å². The van der Waals surface area contributed by atoms with Gasteiger partial charge in [0, 0.05) is 30.5 Å². The van der Waals surface area contributed by atoms with E-state index in [1.807, 2.05) is 30.3 Å². The normalized spacial score (nSPS) is 21.8. The van der Waals surface area contributed by atoms with Crippen LogP contribution in [0.3, 0.4) is 0 Å². The molecule has 0 amide bonds. The lowest BCUT2D eigenvalue weighted by atomic mass is 10.0. The summed E-state index contributed by atoms with van der Waals surface area (Å²) in [5.74, 6) is 2.00. The van der Waals surface area contributed by atoms with Gasteiger partial charge in [-0.15, -0.1) is 10.2 Å².